The third kappa shape index (κ3) is 5.22. The van der Waals surface area contributed by atoms with Crippen molar-refractivity contribution >= 4 is 21.6 Å². The van der Waals surface area contributed by atoms with Crippen LogP contribution in [0, 0.1) is 11.6 Å². The van der Waals surface area contributed by atoms with Crippen LogP contribution in [0.4, 0.5) is 14.5 Å². The largest absolute Gasteiger partial charge is 0.377 e. The predicted molar refractivity (Wildman–Crippen MR) is 80.4 cm³/mol. The molecule has 1 amide bonds. The third-order valence-electron chi connectivity index (χ3n) is 3.43. The van der Waals surface area contributed by atoms with E-state index in [2.05, 4.69) is 5.32 Å². The maximum atomic E-state index is 13.5. The lowest BCUT2D eigenvalue weighted by Crippen LogP contribution is -2.41. The second-order valence-electron chi connectivity index (χ2n) is 5.36. The van der Waals surface area contributed by atoms with Crippen LogP contribution in [0.1, 0.15) is 12.8 Å². The van der Waals surface area contributed by atoms with Gasteiger partial charge in [0.2, 0.25) is 15.9 Å². The standard InChI is InChI=1S/C14H18F2N2O4S/c1-23(20,21)18(8-11-3-2-6-22-11)9-14(19)17-13-5-4-10(15)7-12(13)16/h4-5,7,11H,2-3,6,8-9H2,1H3,(H,17,19). The van der Waals surface area contributed by atoms with E-state index < -0.39 is 34.1 Å². The Morgan fingerprint density at radius 3 is 2.74 bits per heavy atom. The van der Waals surface area contributed by atoms with Crippen molar-refractivity contribution in [3.8, 4) is 0 Å². The summed E-state index contributed by atoms with van der Waals surface area (Å²) in [5, 5.41) is 2.24. The van der Waals surface area contributed by atoms with Gasteiger partial charge < -0.3 is 10.1 Å². The van der Waals surface area contributed by atoms with Gasteiger partial charge in [-0.3, -0.25) is 4.79 Å². The van der Waals surface area contributed by atoms with Gasteiger partial charge in [0, 0.05) is 19.2 Å². The average Bonchev–Trinajstić information content (AvgIpc) is 2.93. The van der Waals surface area contributed by atoms with Crippen LogP contribution in [-0.2, 0) is 19.6 Å². The number of benzene rings is 1. The average molecular weight is 348 g/mol. The maximum absolute atomic E-state index is 13.5. The van der Waals surface area contributed by atoms with Crippen LogP contribution in [0.25, 0.3) is 0 Å². The summed E-state index contributed by atoms with van der Waals surface area (Å²) < 4.78 is 56.3. The van der Waals surface area contributed by atoms with Gasteiger partial charge in [0.1, 0.15) is 11.6 Å². The van der Waals surface area contributed by atoms with E-state index in [-0.39, 0.29) is 18.3 Å². The van der Waals surface area contributed by atoms with E-state index in [1.165, 1.54) is 0 Å². The second kappa shape index (κ2) is 7.33. The van der Waals surface area contributed by atoms with Gasteiger partial charge in [-0.2, -0.15) is 4.31 Å². The van der Waals surface area contributed by atoms with Gasteiger partial charge in [0.25, 0.3) is 0 Å². The molecule has 1 saturated heterocycles. The SMILES string of the molecule is CS(=O)(=O)N(CC(=O)Nc1ccc(F)cc1F)CC1CCCO1. The molecule has 0 bridgehead atoms. The Bertz CT molecular complexity index is 675. The molecule has 1 unspecified atom stereocenters. The molecule has 0 spiro atoms. The highest BCUT2D eigenvalue weighted by atomic mass is 32.2. The molecule has 0 aliphatic carbocycles. The maximum Gasteiger partial charge on any atom is 0.239 e. The van der Waals surface area contributed by atoms with Crippen molar-refractivity contribution in [2.75, 3.05) is 31.3 Å². The second-order valence-corrected chi connectivity index (χ2v) is 7.35. The van der Waals surface area contributed by atoms with Gasteiger partial charge in [-0.15, -0.1) is 0 Å². The number of nitrogens with one attached hydrogen (secondary N) is 1. The zero-order valence-corrected chi connectivity index (χ0v) is 13.4. The first kappa shape index (κ1) is 17.8. The van der Waals surface area contributed by atoms with Crippen LogP contribution >= 0.6 is 0 Å². The molecule has 0 aromatic heterocycles. The number of anilines is 1. The van der Waals surface area contributed by atoms with Gasteiger partial charge in [0.15, 0.2) is 0 Å². The molecule has 128 valence electrons. The summed E-state index contributed by atoms with van der Waals surface area (Å²) >= 11 is 0. The van der Waals surface area contributed by atoms with Crippen molar-refractivity contribution < 1.29 is 26.7 Å². The molecule has 1 aliphatic rings. The number of rotatable bonds is 6. The van der Waals surface area contributed by atoms with Gasteiger partial charge in [0.05, 0.1) is 24.6 Å². The highest BCUT2D eigenvalue weighted by Crippen LogP contribution is 2.17. The quantitative estimate of drug-likeness (QED) is 0.842. The summed E-state index contributed by atoms with van der Waals surface area (Å²) in [5.41, 5.74) is -0.207. The monoisotopic (exact) mass is 348 g/mol. The van der Waals surface area contributed by atoms with Crippen LogP contribution in [-0.4, -0.2) is 50.7 Å². The Morgan fingerprint density at radius 2 is 2.17 bits per heavy atom. The Kier molecular flexibility index (Phi) is 5.66. The molecule has 0 radical (unpaired) electrons. The number of halogens is 2. The molecule has 1 aromatic carbocycles. The van der Waals surface area contributed by atoms with Crippen molar-refractivity contribution in [1.82, 2.24) is 4.31 Å². The number of carbonyl (C=O) groups excluding carboxylic acids is 1. The minimum atomic E-state index is -3.62. The Balaban J connectivity index is 2.02. The molecule has 1 fully saturated rings. The van der Waals surface area contributed by atoms with Gasteiger partial charge in [-0.05, 0) is 25.0 Å². The molecule has 6 nitrogen and oxygen atoms in total. The fourth-order valence-electron chi connectivity index (χ4n) is 2.27. The first-order valence-corrected chi connectivity index (χ1v) is 8.92. The molecule has 2 rings (SSSR count). The fourth-order valence-corrected chi connectivity index (χ4v) is 3.06. The zero-order valence-electron chi connectivity index (χ0n) is 12.6. The van der Waals surface area contributed by atoms with Crippen molar-refractivity contribution in [3.63, 3.8) is 0 Å². The molecule has 9 heteroatoms. The number of nitrogens with zero attached hydrogens (tertiary/aromatic N) is 1. The van der Waals surface area contributed by atoms with E-state index in [0.717, 1.165) is 35.5 Å². The van der Waals surface area contributed by atoms with Crippen molar-refractivity contribution in [3.05, 3.63) is 29.8 Å². The first-order chi connectivity index (χ1) is 10.8. The lowest BCUT2D eigenvalue weighted by Gasteiger charge is -2.22. The van der Waals surface area contributed by atoms with E-state index >= 15 is 0 Å². The number of sulfonamides is 1. The molecular formula is C14H18F2N2O4S. The lowest BCUT2D eigenvalue weighted by molar-refractivity contribution is -0.116. The van der Waals surface area contributed by atoms with Crippen molar-refractivity contribution in [2.45, 2.75) is 18.9 Å². The lowest BCUT2D eigenvalue weighted by atomic mass is 10.2. The zero-order chi connectivity index (χ0) is 17.0. The van der Waals surface area contributed by atoms with Gasteiger partial charge in [-0.25, -0.2) is 17.2 Å². The molecule has 1 aromatic rings. The van der Waals surface area contributed by atoms with E-state index in [1.54, 1.807) is 0 Å². The predicted octanol–water partition coefficient (Wildman–Crippen LogP) is 1.34. The van der Waals surface area contributed by atoms with Crippen LogP contribution in [0.2, 0.25) is 0 Å². The Morgan fingerprint density at radius 1 is 1.43 bits per heavy atom. The number of ether oxygens (including phenoxy) is 1. The minimum absolute atomic E-state index is 0.0676. The number of hydrogen-bond acceptors (Lipinski definition) is 4. The van der Waals surface area contributed by atoms with Gasteiger partial charge in [-0.1, -0.05) is 0 Å². The molecule has 1 aliphatic heterocycles. The van der Waals surface area contributed by atoms with Crippen molar-refractivity contribution in [2.24, 2.45) is 0 Å². The summed E-state index contributed by atoms with van der Waals surface area (Å²) in [5.74, 6) is -2.40. The molecule has 1 N–H and O–H groups in total. The summed E-state index contributed by atoms with van der Waals surface area (Å²) in [4.78, 5) is 12.0. The molecular weight excluding hydrogens is 330 g/mol. The summed E-state index contributed by atoms with van der Waals surface area (Å²) in [6.07, 6.45) is 2.31. The van der Waals surface area contributed by atoms with Crippen LogP contribution < -0.4 is 5.32 Å². The highest BCUT2D eigenvalue weighted by molar-refractivity contribution is 7.88. The van der Waals surface area contributed by atoms with Crippen LogP contribution in [0.3, 0.4) is 0 Å². The van der Waals surface area contributed by atoms with Crippen LogP contribution in [0.5, 0.6) is 0 Å². The third-order valence-corrected chi connectivity index (χ3v) is 4.64. The summed E-state index contributed by atoms with van der Waals surface area (Å²) in [6.45, 7) is 0.170. The van der Waals surface area contributed by atoms with Crippen molar-refractivity contribution in [1.29, 1.82) is 0 Å². The molecule has 23 heavy (non-hydrogen) atoms. The van der Waals surface area contributed by atoms with Crippen LogP contribution in [0.15, 0.2) is 18.2 Å². The molecule has 1 atom stereocenters. The number of carbonyl (C=O) groups is 1. The number of amides is 1. The first-order valence-electron chi connectivity index (χ1n) is 7.07. The van der Waals surface area contributed by atoms with E-state index in [0.29, 0.717) is 12.7 Å². The summed E-state index contributed by atoms with van der Waals surface area (Å²) in [6, 6.07) is 2.71. The molecule has 1 heterocycles. The van der Waals surface area contributed by atoms with Gasteiger partial charge >= 0.3 is 0 Å². The highest BCUT2D eigenvalue weighted by Gasteiger charge is 2.26. The van der Waals surface area contributed by atoms with E-state index in [9.17, 15) is 22.0 Å². The van der Waals surface area contributed by atoms with E-state index in [4.69, 9.17) is 4.74 Å². The minimum Gasteiger partial charge on any atom is -0.377 e. The normalized spacial score (nSPS) is 18.3. The number of hydrogen-bond donors (Lipinski definition) is 1. The smallest absolute Gasteiger partial charge is 0.239 e. The molecule has 0 saturated carbocycles. The topological polar surface area (TPSA) is 75.7 Å². The van der Waals surface area contributed by atoms with E-state index in [1.807, 2.05) is 0 Å². The fraction of sp³-hybridized carbons (Fsp3) is 0.500. The Labute approximate surface area is 133 Å². The summed E-state index contributed by atoms with van der Waals surface area (Å²) in [7, 11) is -3.62. The Hall–Kier alpha value is -1.58.